The average molecular weight is 472 g/mol. The minimum atomic E-state index is -0.588. The van der Waals surface area contributed by atoms with Crippen molar-refractivity contribution in [1.82, 2.24) is 4.98 Å². The van der Waals surface area contributed by atoms with Gasteiger partial charge in [0.1, 0.15) is 5.52 Å². The number of thioether (sulfide) groups is 1. The Kier molecular flexibility index (Phi) is 7.58. The first kappa shape index (κ1) is 23.1. The number of oxazole rings is 1. The summed E-state index contributed by atoms with van der Waals surface area (Å²) in [5.41, 5.74) is 3.25. The Morgan fingerprint density at radius 1 is 1.00 bits per heavy atom. The highest BCUT2D eigenvalue weighted by molar-refractivity contribution is 7.98. The Morgan fingerprint density at radius 2 is 1.74 bits per heavy atom. The lowest BCUT2D eigenvalue weighted by Crippen LogP contribution is -2.35. The molecule has 8 heteroatoms. The van der Waals surface area contributed by atoms with Crippen LogP contribution < -0.4 is 4.90 Å². The number of amides is 1. The van der Waals surface area contributed by atoms with Crippen LogP contribution in [0.25, 0.3) is 11.1 Å². The second-order valence-electron chi connectivity index (χ2n) is 7.26. The van der Waals surface area contributed by atoms with E-state index in [9.17, 15) is 9.59 Å². The molecular weight excluding hydrogens is 450 g/mol. The number of nitrogens with zero attached hydrogens (tertiary/aromatic N) is 3. The van der Waals surface area contributed by atoms with Crippen LogP contribution in [0.2, 0.25) is 0 Å². The monoisotopic (exact) mass is 471 g/mol. The van der Waals surface area contributed by atoms with Crippen molar-refractivity contribution in [2.24, 2.45) is 0 Å². The van der Waals surface area contributed by atoms with Gasteiger partial charge in [-0.05, 0) is 35.9 Å². The van der Waals surface area contributed by atoms with Gasteiger partial charge < -0.3 is 14.1 Å². The van der Waals surface area contributed by atoms with Gasteiger partial charge in [-0.15, -0.1) is 0 Å². The number of aromatic nitrogens is 1. The van der Waals surface area contributed by atoms with Crippen LogP contribution in [0.15, 0.2) is 88.5 Å². The van der Waals surface area contributed by atoms with Gasteiger partial charge in [0.05, 0.1) is 18.1 Å². The van der Waals surface area contributed by atoms with E-state index in [0.29, 0.717) is 27.8 Å². The molecule has 0 atom stereocenters. The number of nitriles is 1. The van der Waals surface area contributed by atoms with Crippen molar-refractivity contribution in [3.8, 4) is 6.07 Å². The van der Waals surface area contributed by atoms with Crippen molar-refractivity contribution in [3.63, 3.8) is 0 Å². The summed E-state index contributed by atoms with van der Waals surface area (Å²) in [6.07, 6.45) is 0.171. The number of benzene rings is 3. The number of hydrogen-bond acceptors (Lipinski definition) is 7. The summed E-state index contributed by atoms with van der Waals surface area (Å²) in [6, 6.07) is 25.6. The molecule has 34 heavy (non-hydrogen) atoms. The number of carbonyl (C=O) groups is 2. The fraction of sp³-hybridized carbons (Fsp3) is 0.154. The van der Waals surface area contributed by atoms with Crippen LogP contribution >= 0.6 is 11.8 Å². The van der Waals surface area contributed by atoms with Crippen molar-refractivity contribution in [3.05, 3.63) is 90.0 Å². The average Bonchev–Trinajstić information content (AvgIpc) is 3.30. The highest BCUT2D eigenvalue weighted by Crippen LogP contribution is 2.27. The number of fused-ring (bicyclic) bond motifs is 1. The fourth-order valence-corrected chi connectivity index (χ4v) is 4.19. The molecule has 0 aliphatic heterocycles. The van der Waals surface area contributed by atoms with E-state index in [0.717, 1.165) is 11.1 Å². The third-order valence-electron chi connectivity index (χ3n) is 5.01. The van der Waals surface area contributed by atoms with Gasteiger partial charge in [-0.1, -0.05) is 60.3 Å². The Balaban J connectivity index is 1.41. The molecule has 0 spiro atoms. The van der Waals surface area contributed by atoms with Crippen LogP contribution in [-0.4, -0.2) is 30.0 Å². The first-order valence-corrected chi connectivity index (χ1v) is 11.6. The SMILES string of the molecule is N#CCCN(C(=O)COC(=O)c1ccccc1CSc1nc2ccccc2o1)c1ccccc1. The normalized spacial score (nSPS) is 10.6. The molecule has 0 aliphatic carbocycles. The number of rotatable bonds is 9. The molecule has 0 N–H and O–H groups in total. The lowest BCUT2D eigenvalue weighted by molar-refractivity contribution is -0.121. The first-order chi connectivity index (χ1) is 16.7. The summed E-state index contributed by atoms with van der Waals surface area (Å²) >= 11 is 1.38. The van der Waals surface area contributed by atoms with E-state index in [1.165, 1.54) is 16.7 Å². The van der Waals surface area contributed by atoms with Crippen molar-refractivity contribution in [2.75, 3.05) is 18.1 Å². The van der Waals surface area contributed by atoms with Crippen LogP contribution in [0.1, 0.15) is 22.3 Å². The molecule has 1 heterocycles. The topological polar surface area (TPSA) is 96.4 Å². The lowest BCUT2D eigenvalue weighted by atomic mass is 10.1. The number of anilines is 1. The van der Waals surface area contributed by atoms with Crippen molar-refractivity contribution >= 4 is 40.4 Å². The zero-order chi connectivity index (χ0) is 23.8. The minimum absolute atomic E-state index is 0.171. The van der Waals surface area contributed by atoms with Crippen LogP contribution in [-0.2, 0) is 15.3 Å². The third kappa shape index (κ3) is 5.63. The predicted octanol–water partition coefficient (Wildman–Crippen LogP) is 5.22. The van der Waals surface area contributed by atoms with Crippen molar-refractivity contribution < 1.29 is 18.7 Å². The summed E-state index contributed by atoms with van der Waals surface area (Å²) in [7, 11) is 0. The van der Waals surface area contributed by atoms with Crippen molar-refractivity contribution in [2.45, 2.75) is 17.4 Å². The van der Waals surface area contributed by atoms with Crippen LogP contribution in [0.4, 0.5) is 5.69 Å². The van der Waals surface area contributed by atoms with Gasteiger partial charge >= 0.3 is 5.97 Å². The van der Waals surface area contributed by atoms with E-state index in [1.54, 1.807) is 36.4 Å². The van der Waals surface area contributed by atoms with Crippen molar-refractivity contribution in [1.29, 1.82) is 5.26 Å². The number of carbonyl (C=O) groups excluding carboxylic acids is 2. The standard InChI is InChI=1S/C26H21N3O4S/c27-15-8-16-29(20-10-2-1-3-11-20)24(30)17-32-25(31)21-12-5-4-9-19(21)18-34-26-28-22-13-6-7-14-23(22)33-26/h1-7,9-14H,8,16-18H2. The van der Waals surface area contributed by atoms with Gasteiger partial charge in [-0.3, -0.25) is 4.79 Å². The van der Waals surface area contributed by atoms with Gasteiger partial charge in [-0.25, -0.2) is 9.78 Å². The molecule has 0 bridgehead atoms. The Bertz CT molecular complexity index is 1300. The molecule has 0 saturated heterocycles. The molecule has 0 saturated carbocycles. The predicted molar refractivity (Wildman–Crippen MR) is 129 cm³/mol. The van der Waals surface area contributed by atoms with Crippen LogP contribution in [0, 0.1) is 11.3 Å². The van der Waals surface area contributed by atoms with E-state index in [4.69, 9.17) is 14.4 Å². The number of esters is 1. The maximum atomic E-state index is 12.8. The summed E-state index contributed by atoms with van der Waals surface area (Å²) in [5, 5.41) is 9.44. The smallest absolute Gasteiger partial charge is 0.338 e. The third-order valence-corrected chi connectivity index (χ3v) is 5.88. The molecule has 1 aromatic heterocycles. The largest absolute Gasteiger partial charge is 0.452 e. The highest BCUT2D eigenvalue weighted by Gasteiger charge is 2.19. The molecular formula is C26H21N3O4S. The summed E-state index contributed by atoms with van der Waals surface area (Å²) in [5.74, 6) is -0.534. The van der Waals surface area contributed by atoms with Crippen LogP contribution in [0.5, 0.6) is 0 Å². The number of ether oxygens (including phenoxy) is 1. The fourth-order valence-electron chi connectivity index (χ4n) is 3.35. The van der Waals surface area contributed by atoms with Gasteiger partial charge in [-0.2, -0.15) is 5.26 Å². The molecule has 0 aliphatic rings. The van der Waals surface area contributed by atoms with Gasteiger partial charge in [0.15, 0.2) is 12.2 Å². The Morgan fingerprint density at radius 3 is 2.53 bits per heavy atom. The maximum absolute atomic E-state index is 12.8. The Hall–Kier alpha value is -4.09. The molecule has 4 rings (SSSR count). The number of para-hydroxylation sites is 3. The second-order valence-corrected chi connectivity index (χ2v) is 8.19. The van der Waals surface area contributed by atoms with Crippen LogP contribution in [0.3, 0.4) is 0 Å². The molecule has 170 valence electrons. The molecule has 0 fully saturated rings. The van der Waals surface area contributed by atoms with E-state index in [1.807, 2.05) is 48.5 Å². The summed E-state index contributed by atoms with van der Waals surface area (Å²) in [6.45, 7) is -0.208. The second kappa shape index (κ2) is 11.2. The zero-order valence-corrected chi connectivity index (χ0v) is 19.0. The first-order valence-electron chi connectivity index (χ1n) is 10.6. The van der Waals surface area contributed by atoms with E-state index >= 15 is 0 Å². The molecule has 1 amide bonds. The maximum Gasteiger partial charge on any atom is 0.338 e. The molecule has 0 radical (unpaired) electrons. The minimum Gasteiger partial charge on any atom is -0.452 e. The molecule has 3 aromatic carbocycles. The van der Waals surface area contributed by atoms with E-state index in [2.05, 4.69) is 4.98 Å². The molecule has 4 aromatic rings. The van der Waals surface area contributed by atoms with Gasteiger partial charge in [0.2, 0.25) is 0 Å². The lowest BCUT2D eigenvalue weighted by Gasteiger charge is -2.21. The zero-order valence-electron chi connectivity index (χ0n) is 18.2. The summed E-state index contributed by atoms with van der Waals surface area (Å²) in [4.78, 5) is 31.5. The number of hydrogen-bond donors (Lipinski definition) is 0. The van der Waals surface area contributed by atoms with Gasteiger partial charge in [0.25, 0.3) is 11.1 Å². The summed E-state index contributed by atoms with van der Waals surface area (Å²) < 4.78 is 11.1. The van der Waals surface area contributed by atoms with E-state index < -0.39 is 18.5 Å². The van der Waals surface area contributed by atoms with Gasteiger partial charge in [0, 0.05) is 18.0 Å². The molecule has 7 nitrogen and oxygen atoms in total. The highest BCUT2D eigenvalue weighted by atomic mass is 32.2. The van der Waals surface area contributed by atoms with E-state index in [-0.39, 0.29) is 13.0 Å². The quantitative estimate of drug-likeness (QED) is 0.244. The molecule has 0 unspecified atom stereocenters. The Labute approximate surface area is 201 Å².